The maximum atomic E-state index is 11.3. The molecule has 5 nitrogen and oxygen atoms in total. The normalized spacial score (nSPS) is 19.8. The molecule has 16 heavy (non-hydrogen) atoms. The Hall–Kier alpha value is -0.660. The van der Waals surface area contributed by atoms with E-state index in [-0.39, 0.29) is 0 Å². The monoisotopic (exact) mass is 261 g/mol. The molecular weight excluding hydrogens is 246 g/mol. The molecule has 7 heteroatoms. The predicted molar refractivity (Wildman–Crippen MR) is 65.2 cm³/mol. The molecule has 1 aromatic heterocycles. The molecule has 1 aromatic rings. The van der Waals surface area contributed by atoms with E-state index in [2.05, 4.69) is 10.3 Å². The molecule has 0 spiro atoms. The number of aromatic nitrogens is 1. The van der Waals surface area contributed by atoms with E-state index in [4.69, 9.17) is 0 Å². The molecule has 1 aliphatic heterocycles. The molecule has 1 saturated heterocycles. The van der Waals surface area contributed by atoms with Gasteiger partial charge >= 0.3 is 0 Å². The van der Waals surface area contributed by atoms with Crippen molar-refractivity contribution in [3.8, 4) is 0 Å². The lowest BCUT2D eigenvalue weighted by atomic mass is 10.1. The number of hydrogen-bond acceptors (Lipinski definition) is 5. The summed E-state index contributed by atoms with van der Waals surface area (Å²) in [5.74, 6) is 0. The first kappa shape index (κ1) is 11.8. The van der Waals surface area contributed by atoms with Crippen molar-refractivity contribution in [1.82, 2.24) is 9.29 Å². The molecule has 2 heterocycles. The van der Waals surface area contributed by atoms with Crippen LogP contribution in [0.15, 0.2) is 11.6 Å². The standard InChI is InChI=1S/C9H15N3O2S2/c1-16(13,14)12-5-2-8(3-6-12)11-9-10-4-7-15-9/h4,7-8H,2-3,5-6H2,1H3,(H,10,11). The molecular formula is C9H15N3O2S2. The molecule has 0 aliphatic carbocycles. The SMILES string of the molecule is CS(=O)(=O)N1CCC(Nc2nccs2)CC1. The number of sulfonamides is 1. The first-order valence-corrected chi connectivity index (χ1v) is 7.89. The fraction of sp³-hybridized carbons (Fsp3) is 0.667. The minimum Gasteiger partial charge on any atom is -0.359 e. The van der Waals surface area contributed by atoms with Crippen LogP contribution in [0, 0.1) is 0 Å². The largest absolute Gasteiger partial charge is 0.359 e. The third-order valence-corrected chi connectivity index (χ3v) is 4.69. The highest BCUT2D eigenvalue weighted by Gasteiger charge is 2.24. The van der Waals surface area contributed by atoms with Gasteiger partial charge in [-0.1, -0.05) is 0 Å². The van der Waals surface area contributed by atoms with Crippen LogP contribution in [0.1, 0.15) is 12.8 Å². The van der Waals surface area contributed by atoms with E-state index in [0.29, 0.717) is 19.1 Å². The summed E-state index contributed by atoms with van der Waals surface area (Å²) >= 11 is 1.57. The van der Waals surface area contributed by atoms with Crippen molar-refractivity contribution >= 4 is 26.5 Å². The first-order valence-electron chi connectivity index (χ1n) is 5.17. The summed E-state index contributed by atoms with van der Waals surface area (Å²) in [6.45, 7) is 1.20. The maximum Gasteiger partial charge on any atom is 0.211 e. The van der Waals surface area contributed by atoms with Crippen molar-refractivity contribution in [2.24, 2.45) is 0 Å². The molecule has 0 aromatic carbocycles. The number of hydrogen-bond donors (Lipinski definition) is 1. The van der Waals surface area contributed by atoms with Crippen molar-refractivity contribution in [2.45, 2.75) is 18.9 Å². The molecule has 0 saturated carbocycles. The van der Waals surface area contributed by atoms with Crippen molar-refractivity contribution in [3.63, 3.8) is 0 Å². The molecule has 1 aliphatic rings. The fourth-order valence-corrected chi connectivity index (χ4v) is 3.28. The van der Waals surface area contributed by atoms with Crippen LogP contribution in [0.5, 0.6) is 0 Å². The Morgan fingerprint density at radius 2 is 2.19 bits per heavy atom. The van der Waals surface area contributed by atoms with Gasteiger partial charge in [-0.05, 0) is 12.8 Å². The second-order valence-electron chi connectivity index (χ2n) is 3.92. The molecule has 1 N–H and O–H groups in total. The second-order valence-corrected chi connectivity index (χ2v) is 6.79. The van der Waals surface area contributed by atoms with Crippen LogP contribution in [-0.2, 0) is 10.0 Å². The number of nitrogens with zero attached hydrogens (tertiary/aromatic N) is 2. The van der Waals surface area contributed by atoms with Gasteiger partial charge in [0.2, 0.25) is 10.0 Å². The third-order valence-electron chi connectivity index (χ3n) is 2.68. The highest BCUT2D eigenvalue weighted by atomic mass is 32.2. The predicted octanol–water partition coefficient (Wildman–Crippen LogP) is 0.979. The smallest absolute Gasteiger partial charge is 0.211 e. The van der Waals surface area contributed by atoms with Gasteiger partial charge in [-0.2, -0.15) is 0 Å². The molecule has 0 unspecified atom stereocenters. The van der Waals surface area contributed by atoms with E-state index < -0.39 is 10.0 Å². The number of piperidine rings is 1. The lowest BCUT2D eigenvalue weighted by Crippen LogP contribution is -2.41. The Balaban J connectivity index is 1.86. The van der Waals surface area contributed by atoms with E-state index in [9.17, 15) is 8.42 Å². The van der Waals surface area contributed by atoms with E-state index in [0.717, 1.165) is 18.0 Å². The van der Waals surface area contributed by atoms with Crippen LogP contribution in [-0.4, -0.2) is 43.1 Å². The van der Waals surface area contributed by atoms with Crippen LogP contribution in [0.4, 0.5) is 5.13 Å². The summed E-state index contributed by atoms with van der Waals surface area (Å²) in [7, 11) is -3.02. The average molecular weight is 261 g/mol. The van der Waals surface area contributed by atoms with E-state index in [1.807, 2.05) is 5.38 Å². The average Bonchev–Trinajstić information content (AvgIpc) is 2.70. The van der Waals surface area contributed by atoms with E-state index in [1.165, 1.54) is 10.6 Å². The van der Waals surface area contributed by atoms with Gasteiger partial charge in [0.15, 0.2) is 5.13 Å². The Bertz CT molecular complexity index is 422. The Morgan fingerprint density at radius 3 is 2.69 bits per heavy atom. The van der Waals surface area contributed by atoms with Gasteiger partial charge in [-0.25, -0.2) is 17.7 Å². The Morgan fingerprint density at radius 1 is 1.50 bits per heavy atom. The van der Waals surface area contributed by atoms with Crippen LogP contribution in [0.2, 0.25) is 0 Å². The first-order chi connectivity index (χ1) is 7.55. The van der Waals surface area contributed by atoms with Crippen molar-refractivity contribution in [2.75, 3.05) is 24.7 Å². The van der Waals surface area contributed by atoms with Crippen molar-refractivity contribution < 1.29 is 8.42 Å². The second kappa shape index (κ2) is 4.68. The van der Waals surface area contributed by atoms with Crippen molar-refractivity contribution in [1.29, 1.82) is 0 Å². The van der Waals surface area contributed by atoms with Gasteiger partial charge in [0.25, 0.3) is 0 Å². The minimum atomic E-state index is -3.02. The summed E-state index contributed by atoms with van der Waals surface area (Å²) < 4.78 is 24.1. The van der Waals surface area contributed by atoms with Crippen LogP contribution < -0.4 is 5.32 Å². The lowest BCUT2D eigenvalue weighted by Gasteiger charge is -2.30. The van der Waals surface area contributed by atoms with Gasteiger partial charge in [-0.3, -0.25) is 0 Å². The van der Waals surface area contributed by atoms with Gasteiger partial charge in [-0.15, -0.1) is 11.3 Å². The zero-order valence-electron chi connectivity index (χ0n) is 9.09. The van der Waals surface area contributed by atoms with Gasteiger partial charge < -0.3 is 5.32 Å². The van der Waals surface area contributed by atoms with E-state index >= 15 is 0 Å². The number of nitrogens with one attached hydrogen (secondary N) is 1. The summed E-state index contributed by atoms with van der Waals surface area (Å²) in [5, 5.41) is 6.16. The number of rotatable bonds is 3. The van der Waals surface area contributed by atoms with Gasteiger partial charge in [0.1, 0.15) is 0 Å². The van der Waals surface area contributed by atoms with Crippen LogP contribution in [0.25, 0.3) is 0 Å². The molecule has 0 amide bonds. The topological polar surface area (TPSA) is 62.3 Å². The molecule has 1 fully saturated rings. The summed E-state index contributed by atoms with van der Waals surface area (Å²) in [5.41, 5.74) is 0. The third kappa shape index (κ3) is 2.93. The van der Waals surface area contributed by atoms with Crippen LogP contribution >= 0.6 is 11.3 Å². The highest BCUT2D eigenvalue weighted by Crippen LogP contribution is 2.19. The molecule has 0 radical (unpaired) electrons. The van der Waals surface area contributed by atoms with Crippen molar-refractivity contribution in [3.05, 3.63) is 11.6 Å². The molecule has 0 bridgehead atoms. The fourth-order valence-electron chi connectivity index (χ4n) is 1.80. The lowest BCUT2D eigenvalue weighted by molar-refractivity contribution is 0.332. The quantitative estimate of drug-likeness (QED) is 0.881. The van der Waals surface area contributed by atoms with Gasteiger partial charge in [0, 0.05) is 30.7 Å². The highest BCUT2D eigenvalue weighted by molar-refractivity contribution is 7.88. The number of anilines is 1. The Labute approximate surface area is 99.5 Å². The summed E-state index contributed by atoms with van der Waals surface area (Å²) in [6, 6.07) is 0.337. The molecule has 2 rings (SSSR count). The zero-order valence-corrected chi connectivity index (χ0v) is 10.7. The maximum absolute atomic E-state index is 11.3. The Kier molecular flexibility index (Phi) is 3.46. The minimum absolute atomic E-state index is 0.337. The summed E-state index contributed by atoms with van der Waals surface area (Å²) in [6.07, 6.45) is 4.71. The molecule has 0 atom stereocenters. The zero-order chi connectivity index (χ0) is 11.6. The summed E-state index contributed by atoms with van der Waals surface area (Å²) in [4.78, 5) is 4.15. The number of thiazole rings is 1. The van der Waals surface area contributed by atoms with Gasteiger partial charge in [0.05, 0.1) is 6.26 Å². The molecule has 90 valence electrons. The van der Waals surface area contributed by atoms with E-state index in [1.54, 1.807) is 17.5 Å². The van der Waals surface area contributed by atoms with Crippen LogP contribution in [0.3, 0.4) is 0 Å².